The number of carbonyl (C=O) groups is 1. The summed E-state index contributed by atoms with van der Waals surface area (Å²) in [5, 5.41) is 3.34. The first-order valence-corrected chi connectivity index (χ1v) is 9.19. The molecule has 132 valence electrons. The third kappa shape index (κ3) is 4.42. The van der Waals surface area contributed by atoms with E-state index in [2.05, 4.69) is 26.2 Å². The van der Waals surface area contributed by atoms with E-state index in [1.165, 1.54) is 0 Å². The Morgan fingerprint density at radius 1 is 1.19 bits per heavy atom. The summed E-state index contributed by atoms with van der Waals surface area (Å²) in [7, 11) is 0. The molecule has 0 fully saturated rings. The number of nitrogens with zero attached hydrogens (tertiary/aromatic N) is 1. The molecule has 26 heavy (non-hydrogen) atoms. The van der Waals surface area contributed by atoms with Gasteiger partial charge in [0.1, 0.15) is 5.75 Å². The number of benzene rings is 2. The van der Waals surface area contributed by atoms with Crippen LogP contribution in [0.1, 0.15) is 17.3 Å². The molecule has 6 heteroatoms. The van der Waals surface area contributed by atoms with Crippen LogP contribution in [-0.2, 0) is 0 Å². The van der Waals surface area contributed by atoms with E-state index in [0.29, 0.717) is 22.9 Å². The lowest BCUT2D eigenvalue weighted by Crippen LogP contribution is -2.12. The van der Waals surface area contributed by atoms with Crippen molar-refractivity contribution >= 4 is 39.1 Å². The molecule has 0 unspecified atom stereocenters. The molecule has 1 heterocycles. The molecule has 1 N–H and O–H groups in total. The maximum Gasteiger partial charge on any atom is 0.257 e. The van der Waals surface area contributed by atoms with Crippen molar-refractivity contribution in [3.8, 4) is 17.0 Å². The molecule has 0 spiro atoms. The summed E-state index contributed by atoms with van der Waals surface area (Å²) in [5.41, 5.74) is 2.79. The summed E-state index contributed by atoms with van der Waals surface area (Å²) in [6.07, 6.45) is 1.55. The lowest BCUT2D eigenvalue weighted by Gasteiger charge is -2.08. The molecule has 2 aromatic carbocycles. The van der Waals surface area contributed by atoms with Gasteiger partial charge >= 0.3 is 0 Å². The van der Waals surface area contributed by atoms with Gasteiger partial charge < -0.3 is 10.1 Å². The first-order chi connectivity index (χ1) is 12.6. The van der Waals surface area contributed by atoms with Crippen molar-refractivity contribution in [3.05, 3.63) is 75.9 Å². The minimum absolute atomic E-state index is 0.245. The van der Waals surface area contributed by atoms with Gasteiger partial charge in [0, 0.05) is 21.9 Å². The highest BCUT2D eigenvalue weighted by Gasteiger charge is 2.09. The highest BCUT2D eigenvalue weighted by molar-refractivity contribution is 9.10. The van der Waals surface area contributed by atoms with Crippen molar-refractivity contribution < 1.29 is 9.53 Å². The molecular formula is C20H16BrClN2O2. The SMILES string of the molecule is CCOc1cccc(-c2ccc(C(=O)Nc3ccc(Br)c(Cl)c3)cn2)c1. The number of aromatic nitrogens is 1. The molecule has 0 atom stereocenters. The summed E-state index contributed by atoms with van der Waals surface area (Å²) >= 11 is 9.37. The highest BCUT2D eigenvalue weighted by atomic mass is 79.9. The van der Waals surface area contributed by atoms with Crippen molar-refractivity contribution in [2.24, 2.45) is 0 Å². The van der Waals surface area contributed by atoms with Crippen LogP contribution in [0.4, 0.5) is 5.69 Å². The van der Waals surface area contributed by atoms with Crippen molar-refractivity contribution in [1.29, 1.82) is 0 Å². The van der Waals surface area contributed by atoms with Crippen LogP contribution >= 0.6 is 27.5 Å². The van der Waals surface area contributed by atoms with Crippen LogP contribution in [0.2, 0.25) is 5.02 Å². The van der Waals surface area contributed by atoms with Crippen LogP contribution in [0.5, 0.6) is 5.75 Å². The van der Waals surface area contributed by atoms with Gasteiger partial charge in [-0.25, -0.2) is 0 Å². The van der Waals surface area contributed by atoms with Crippen molar-refractivity contribution in [1.82, 2.24) is 4.98 Å². The smallest absolute Gasteiger partial charge is 0.257 e. The number of carbonyl (C=O) groups excluding carboxylic acids is 1. The van der Waals surface area contributed by atoms with Gasteiger partial charge in [0.2, 0.25) is 0 Å². The molecule has 0 saturated carbocycles. The van der Waals surface area contributed by atoms with Crippen LogP contribution in [0.3, 0.4) is 0 Å². The van der Waals surface area contributed by atoms with Gasteiger partial charge in [-0.1, -0.05) is 23.7 Å². The Hall–Kier alpha value is -2.37. The molecular weight excluding hydrogens is 416 g/mol. The summed E-state index contributed by atoms with van der Waals surface area (Å²) in [6, 6.07) is 16.5. The van der Waals surface area contributed by atoms with Crippen LogP contribution in [0, 0.1) is 0 Å². The Balaban J connectivity index is 1.75. The Labute approximate surface area is 165 Å². The molecule has 0 aliphatic carbocycles. The van der Waals surface area contributed by atoms with Crippen LogP contribution in [0.25, 0.3) is 11.3 Å². The summed E-state index contributed by atoms with van der Waals surface area (Å²) in [4.78, 5) is 16.8. The largest absolute Gasteiger partial charge is 0.494 e. The standard InChI is InChI=1S/C20H16BrClN2O2/c1-2-26-16-5-3-4-13(10-16)19-9-6-14(12-23-19)20(25)24-15-7-8-17(21)18(22)11-15/h3-12H,2H2,1H3,(H,24,25). The molecule has 1 aromatic heterocycles. The van der Waals surface area contributed by atoms with Gasteiger partial charge in [0.05, 0.1) is 22.9 Å². The predicted molar refractivity (Wildman–Crippen MR) is 108 cm³/mol. The number of anilines is 1. The number of rotatable bonds is 5. The third-order valence-electron chi connectivity index (χ3n) is 3.64. The van der Waals surface area contributed by atoms with E-state index < -0.39 is 0 Å². The quantitative estimate of drug-likeness (QED) is 0.554. The van der Waals surface area contributed by atoms with Crippen LogP contribution in [0.15, 0.2) is 65.3 Å². The van der Waals surface area contributed by atoms with Gasteiger partial charge in [0.15, 0.2) is 0 Å². The number of nitrogens with one attached hydrogen (secondary N) is 1. The van der Waals surface area contributed by atoms with E-state index in [4.69, 9.17) is 16.3 Å². The molecule has 0 aliphatic rings. The normalized spacial score (nSPS) is 10.4. The number of hydrogen-bond donors (Lipinski definition) is 1. The zero-order valence-corrected chi connectivity index (χ0v) is 16.3. The maximum absolute atomic E-state index is 12.4. The van der Waals surface area contributed by atoms with Gasteiger partial charge in [-0.05, 0) is 65.3 Å². The Kier molecular flexibility index (Phi) is 5.91. The van der Waals surface area contributed by atoms with E-state index in [1.54, 1.807) is 30.5 Å². The van der Waals surface area contributed by atoms with Crippen molar-refractivity contribution in [2.45, 2.75) is 6.92 Å². The lowest BCUT2D eigenvalue weighted by atomic mass is 10.1. The van der Waals surface area contributed by atoms with E-state index in [-0.39, 0.29) is 5.91 Å². The molecule has 3 rings (SSSR count). The average molecular weight is 432 g/mol. The average Bonchev–Trinajstić information content (AvgIpc) is 2.65. The van der Waals surface area contributed by atoms with Gasteiger partial charge in [-0.3, -0.25) is 9.78 Å². The molecule has 4 nitrogen and oxygen atoms in total. The minimum atomic E-state index is -0.245. The summed E-state index contributed by atoms with van der Waals surface area (Å²) < 4.78 is 6.28. The number of halogens is 2. The maximum atomic E-state index is 12.4. The fraction of sp³-hybridized carbons (Fsp3) is 0.100. The lowest BCUT2D eigenvalue weighted by molar-refractivity contribution is 0.102. The second kappa shape index (κ2) is 8.34. The number of amides is 1. The third-order valence-corrected chi connectivity index (χ3v) is 4.88. The van der Waals surface area contributed by atoms with Crippen molar-refractivity contribution in [3.63, 3.8) is 0 Å². The van der Waals surface area contributed by atoms with Gasteiger partial charge in [-0.15, -0.1) is 0 Å². The fourth-order valence-electron chi connectivity index (χ4n) is 2.39. The second-order valence-electron chi connectivity index (χ2n) is 5.48. The monoisotopic (exact) mass is 430 g/mol. The molecule has 0 bridgehead atoms. The van der Waals surface area contributed by atoms with E-state index in [0.717, 1.165) is 21.5 Å². The van der Waals surface area contributed by atoms with E-state index in [9.17, 15) is 4.79 Å². The van der Waals surface area contributed by atoms with Crippen molar-refractivity contribution in [2.75, 3.05) is 11.9 Å². The Morgan fingerprint density at radius 3 is 2.73 bits per heavy atom. The minimum Gasteiger partial charge on any atom is -0.494 e. The topological polar surface area (TPSA) is 51.2 Å². The van der Waals surface area contributed by atoms with Crippen LogP contribution in [-0.4, -0.2) is 17.5 Å². The van der Waals surface area contributed by atoms with E-state index in [1.807, 2.05) is 37.3 Å². The fourth-order valence-corrected chi connectivity index (χ4v) is 2.82. The second-order valence-corrected chi connectivity index (χ2v) is 6.74. The molecule has 1 amide bonds. The molecule has 0 aliphatic heterocycles. The highest BCUT2D eigenvalue weighted by Crippen LogP contribution is 2.26. The number of hydrogen-bond acceptors (Lipinski definition) is 3. The Bertz CT molecular complexity index is 929. The van der Waals surface area contributed by atoms with Gasteiger partial charge in [0.25, 0.3) is 5.91 Å². The van der Waals surface area contributed by atoms with Crippen LogP contribution < -0.4 is 10.1 Å². The first-order valence-electron chi connectivity index (χ1n) is 8.02. The molecule has 0 saturated heterocycles. The summed E-state index contributed by atoms with van der Waals surface area (Å²) in [6.45, 7) is 2.55. The number of ether oxygens (including phenoxy) is 1. The van der Waals surface area contributed by atoms with Gasteiger partial charge in [-0.2, -0.15) is 0 Å². The first kappa shape index (κ1) is 18.4. The zero-order valence-electron chi connectivity index (χ0n) is 14.0. The molecule has 0 radical (unpaired) electrons. The molecule has 3 aromatic rings. The summed E-state index contributed by atoms with van der Waals surface area (Å²) in [5.74, 6) is 0.547. The predicted octanol–water partition coefficient (Wildman–Crippen LogP) is 5.82. The number of pyridine rings is 1. The Morgan fingerprint density at radius 2 is 2.04 bits per heavy atom. The van der Waals surface area contributed by atoms with E-state index >= 15 is 0 Å². The zero-order chi connectivity index (χ0) is 18.5.